The number of benzene rings is 2. The number of fused-ring (bicyclic) bond motifs is 1. The van der Waals surface area contributed by atoms with E-state index in [4.69, 9.17) is 0 Å². The Morgan fingerprint density at radius 1 is 0.920 bits per heavy atom. The number of hydrogen-bond acceptors (Lipinski definition) is 3. The molecule has 2 aromatic carbocycles. The van der Waals surface area contributed by atoms with Gasteiger partial charge in [-0.15, -0.1) is 11.3 Å². The van der Waals surface area contributed by atoms with Gasteiger partial charge in [0.25, 0.3) is 5.56 Å². The second-order valence-electron chi connectivity index (χ2n) is 5.97. The van der Waals surface area contributed by atoms with Crippen LogP contribution in [0, 0.1) is 6.92 Å². The topological polar surface area (TPSA) is 44.0 Å². The summed E-state index contributed by atoms with van der Waals surface area (Å²) in [5.74, 6) is 0. The first kappa shape index (κ1) is 15.6. The maximum atomic E-state index is 13.1. The first-order valence-electron chi connectivity index (χ1n) is 7.99. The van der Waals surface area contributed by atoms with E-state index in [0.717, 1.165) is 11.1 Å². The highest BCUT2D eigenvalue weighted by molar-refractivity contribution is 7.17. The molecule has 0 bridgehead atoms. The molecule has 0 amide bonds. The largest absolute Gasteiger partial charge is 0.336 e. The normalized spacial score (nSPS) is 11.1. The Balaban J connectivity index is 2.00. The van der Waals surface area contributed by atoms with Gasteiger partial charge in [-0.3, -0.25) is 9.36 Å². The number of aryl methyl sites for hydroxylation is 1. The molecule has 2 aromatic heterocycles. The van der Waals surface area contributed by atoms with Gasteiger partial charge in [0.05, 0.1) is 17.7 Å². The van der Waals surface area contributed by atoms with Crippen LogP contribution < -0.4 is 11.2 Å². The highest BCUT2D eigenvalue weighted by atomic mass is 32.1. The highest BCUT2D eigenvalue weighted by Gasteiger charge is 2.15. The van der Waals surface area contributed by atoms with Crippen molar-refractivity contribution in [3.05, 3.63) is 98.0 Å². The van der Waals surface area contributed by atoms with E-state index in [1.165, 1.54) is 15.9 Å². The minimum atomic E-state index is -0.316. The first-order valence-corrected chi connectivity index (χ1v) is 8.87. The summed E-state index contributed by atoms with van der Waals surface area (Å²) in [4.78, 5) is 26.0. The Bertz CT molecular complexity index is 1150. The van der Waals surface area contributed by atoms with E-state index in [2.05, 4.69) is 0 Å². The zero-order valence-electron chi connectivity index (χ0n) is 13.7. The predicted octanol–water partition coefficient (Wildman–Crippen LogP) is 3.57. The van der Waals surface area contributed by atoms with E-state index >= 15 is 0 Å². The molecular weight excluding hydrogens is 332 g/mol. The van der Waals surface area contributed by atoms with Gasteiger partial charge >= 0.3 is 5.69 Å². The second-order valence-corrected chi connectivity index (χ2v) is 6.88. The Hall–Kier alpha value is -2.92. The summed E-state index contributed by atoms with van der Waals surface area (Å²) in [6.07, 6.45) is 0. The zero-order valence-corrected chi connectivity index (χ0v) is 14.5. The van der Waals surface area contributed by atoms with Crippen molar-refractivity contribution < 1.29 is 0 Å². The van der Waals surface area contributed by atoms with Crippen molar-refractivity contribution in [1.29, 1.82) is 0 Å². The van der Waals surface area contributed by atoms with Crippen molar-refractivity contribution in [3.8, 4) is 5.69 Å². The molecule has 4 rings (SSSR count). The molecule has 4 aromatic rings. The summed E-state index contributed by atoms with van der Waals surface area (Å²) in [7, 11) is 0. The summed E-state index contributed by atoms with van der Waals surface area (Å²) in [5.41, 5.74) is 2.81. The van der Waals surface area contributed by atoms with Crippen molar-refractivity contribution in [1.82, 2.24) is 9.13 Å². The van der Waals surface area contributed by atoms with Gasteiger partial charge in [0.1, 0.15) is 4.70 Å². The average molecular weight is 348 g/mol. The van der Waals surface area contributed by atoms with Crippen LogP contribution in [0.2, 0.25) is 0 Å². The van der Waals surface area contributed by atoms with E-state index in [-0.39, 0.29) is 11.2 Å². The fourth-order valence-electron chi connectivity index (χ4n) is 2.93. The molecule has 0 aliphatic heterocycles. The lowest BCUT2D eigenvalue weighted by molar-refractivity contribution is 0.716. The Labute approximate surface area is 148 Å². The average Bonchev–Trinajstić information content (AvgIpc) is 3.11. The van der Waals surface area contributed by atoms with Crippen LogP contribution in [0.4, 0.5) is 0 Å². The quantitative estimate of drug-likeness (QED) is 0.568. The SMILES string of the molecule is Cc1ccc(-n2c(=O)c3sccc3n(Cc3ccccc3)c2=O)cc1. The van der Waals surface area contributed by atoms with E-state index in [9.17, 15) is 9.59 Å². The summed E-state index contributed by atoms with van der Waals surface area (Å²) < 4.78 is 3.53. The van der Waals surface area contributed by atoms with Crippen LogP contribution in [0.15, 0.2) is 75.6 Å². The number of rotatable bonds is 3. The molecule has 0 radical (unpaired) electrons. The lowest BCUT2D eigenvalue weighted by Crippen LogP contribution is -2.38. The number of hydrogen-bond donors (Lipinski definition) is 0. The van der Waals surface area contributed by atoms with Crippen LogP contribution in [-0.4, -0.2) is 9.13 Å². The molecule has 0 saturated heterocycles. The molecule has 0 fully saturated rings. The maximum absolute atomic E-state index is 13.1. The monoisotopic (exact) mass is 348 g/mol. The molecule has 0 N–H and O–H groups in total. The molecule has 4 nitrogen and oxygen atoms in total. The number of thiophene rings is 1. The molecule has 25 heavy (non-hydrogen) atoms. The number of aromatic nitrogens is 2. The van der Waals surface area contributed by atoms with Crippen LogP contribution in [0.5, 0.6) is 0 Å². The fraction of sp³-hybridized carbons (Fsp3) is 0.100. The van der Waals surface area contributed by atoms with Gasteiger partial charge in [0.15, 0.2) is 0 Å². The van der Waals surface area contributed by atoms with Gasteiger partial charge in [-0.25, -0.2) is 9.36 Å². The molecule has 2 heterocycles. The van der Waals surface area contributed by atoms with Gasteiger partial charge in [-0.1, -0.05) is 48.0 Å². The van der Waals surface area contributed by atoms with Crippen molar-refractivity contribution >= 4 is 21.6 Å². The fourth-order valence-corrected chi connectivity index (χ4v) is 3.75. The Morgan fingerprint density at radius 3 is 2.36 bits per heavy atom. The van der Waals surface area contributed by atoms with Crippen molar-refractivity contribution in [3.63, 3.8) is 0 Å². The lowest BCUT2D eigenvalue weighted by Gasteiger charge is -2.12. The van der Waals surface area contributed by atoms with Crippen LogP contribution >= 0.6 is 11.3 Å². The third-order valence-corrected chi connectivity index (χ3v) is 5.12. The van der Waals surface area contributed by atoms with E-state index in [0.29, 0.717) is 22.4 Å². The van der Waals surface area contributed by atoms with Gasteiger partial charge < -0.3 is 0 Å². The first-order chi connectivity index (χ1) is 12.1. The molecule has 0 unspecified atom stereocenters. The summed E-state index contributed by atoms with van der Waals surface area (Å²) in [6, 6.07) is 19.1. The number of nitrogens with zero attached hydrogens (tertiary/aromatic N) is 2. The minimum absolute atomic E-state index is 0.261. The van der Waals surface area contributed by atoms with Crippen molar-refractivity contribution in [2.45, 2.75) is 13.5 Å². The predicted molar refractivity (Wildman–Crippen MR) is 102 cm³/mol. The van der Waals surface area contributed by atoms with E-state index in [1.807, 2.05) is 73.0 Å². The minimum Gasteiger partial charge on any atom is -0.288 e. The molecule has 0 aliphatic carbocycles. The molecule has 0 aliphatic rings. The molecule has 124 valence electrons. The highest BCUT2D eigenvalue weighted by Crippen LogP contribution is 2.17. The standard InChI is InChI=1S/C20H16N2O2S/c1-14-7-9-16(10-8-14)22-19(23)18-17(11-12-25-18)21(20(22)24)13-15-5-3-2-4-6-15/h2-12H,13H2,1H3. The maximum Gasteiger partial charge on any atom is 0.336 e. The third kappa shape index (κ3) is 2.72. The molecular formula is C20H16N2O2S. The van der Waals surface area contributed by atoms with Crippen LogP contribution in [0.3, 0.4) is 0 Å². The van der Waals surface area contributed by atoms with Gasteiger partial charge in [0.2, 0.25) is 0 Å². The van der Waals surface area contributed by atoms with Crippen LogP contribution in [0.25, 0.3) is 15.9 Å². The van der Waals surface area contributed by atoms with Crippen molar-refractivity contribution in [2.24, 2.45) is 0 Å². The smallest absolute Gasteiger partial charge is 0.288 e. The summed E-state index contributed by atoms with van der Waals surface area (Å²) >= 11 is 1.37. The summed E-state index contributed by atoms with van der Waals surface area (Å²) in [6.45, 7) is 2.40. The van der Waals surface area contributed by atoms with Gasteiger partial charge in [-0.2, -0.15) is 0 Å². The Morgan fingerprint density at radius 2 is 1.64 bits per heavy atom. The molecule has 0 saturated carbocycles. The van der Waals surface area contributed by atoms with Crippen molar-refractivity contribution in [2.75, 3.05) is 0 Å². The van der Waals surface area contributed by atoms with Gasteiger partial charge in [0, 0.05) is 0 Å². The van der Waals surface area contributed by atoms with Crippen LogP contribution in [-0.2, 0) is 6.54 Å². The van der Waals surface area contributed by atoms with E-state index < -0.39 is 0 Å². The Kier molecular flexibility index (Phi) is 3.86. The van der Waals surface area contributed by atoms with E-state index in [1.54, 1.807) is 4.57 Å². The molecule has 5 heteroatoms. The molecule has 0 atom stereocenters. The zero-order chi connectivity index (χ0) is 17.4. The lowest BCUT2D eigenvalue weighted by atomic mass is 10.2. The van der Waals surface area contributed by atoms with Crippen LogP contribution in [0.1, 0.15) is 11.1 Å². The molecule has 0 spiro atoms. The van der Waals surface area contributed by atoms with Gasteiger partial charge in [-0.05, 0) is 36.1 Å². The third-order valence-electron chi connectivity index (χ3n) is 4.23. The second kappa shape index (κ2) is 6.18. The summed E-state index contributed by atoms with van der Waals surface area (Å²) in [5, 5.41) is 1.85.